The molecule has 0 bridgehead atoms. The number of fused-ring (bicyclic) bond motifs is 5. The smallest absolute Gasteiger partial charge is 0.0547 e. The Bertz CT molecular complexity index is 3210. The summed E-state index contributed by atoms with van der Waals surface area (Å²) in [5.41, 5.74) is 11.9. The molecular weight excluding hydrogens is 653 g/mol. The SMILES string of the molecule is c1ccc(-c2cc3cc(-c4ccc5c(c4)cc(-c4cccc6ccccc46)n5-c4ccc5ccccc5c4)ccc3n2-c2cccc3ccccc23)cc1. The van der Waals surface area contributed by atoms with Crippen molar-refractivity contribution < 1.29 is 0 Å². The van der Waals surface area contributed by atoms with Crippen molar-refractivity contribution in [3.63, 3.8) is 0 Å². The lowest BCUT2D eigenvalue weighted by Gasteiger charge is -2.15. The van der Waals surface area contributed by atoms with Gasteiger partial charge in [0.1, 0.15) is 0 Å². The maximum atomic E-state index is 2.44. The normalized spacial score (nSPS) is 11.7. The topological polar surface area (TPSA) is 9.86 Å². The number of hydrogen-bond donors (Lipinski definition) is 0. The summed E-state index contributed by atoms with van der Waals surface area (Å²) in [6, 6.07) is 75.4. The lowest BCUT2D eigenvalue weighted by atomic mass is 10.0. The Kier molecular flexibility index (Phi) is 6.90. The van der Waals surface area contributed by atoms with Crippen LogP contribution in [-0.4, -0.2) is 9.13 Å². The molecule has 0 atom stereocenters. The second-order valence-electron chi connectivity index (χ2n) is 14.2. The molecule has 11 aromatic rings. The minimum absolute atomic E-state index is 1.16. The minimum Gasteiger partial charge on any atom is -0.309 e. The Hall–Kier alpha value is -7.16. The van der Waals surface area contributed by atoms with Gasteiger partial charge in [0.05, 0.1) is 28.1 Å². The number of benzene rings is 9. The maximum absolute atomic E-state index is 2.44. The minimum atomic E-state index is 1.16. The van der Waals surface area contributed by atoms with Crippen molar-refractivity contribution >= 4 is 54.1 Å². The molecule has 0 unspecified atom stereocenters. The Morgan fingerprint density at radius 1 is 0.278 bits per heavy atom. The van der Waals surface area contributed by atoms with Crippen LogP contribution in [0.15, 0.2) is 206 Å². The lowest BCUT2D eigenvalue weighted by molar-refractivity contribution is 1.14. The van der Waals surface area contributed by atoms with Crippen LogP contribution in [0.4, 0.5) is 0 Å². The summed E-state index contributed by atoms with van der Waals surface area (Å²) in [5.74, 6) is 0. The highest BCUT2D eigenvalue weighted by Crippen LogP contribution is 2.40. The molecule has 54 heavy (non-hydrogen) atoms. The predicted octanol–water partition coefficient (Wildman–Crippen LogP) is 14.0. The molecule has 0 N–H and O–H groups in total. The number of aromatic nitrogens is 2. The first kappa shape index (κ1) is 30.5. The highest BCUT2D eigenvalue weighted by atomic mass is 15.0. The highest BCUT2D eigenvalue weighted by Gasteiger charge is 2.18. The van der Waals surface area contributed by atoms with Gasteiger partial charge >= 0.3 is 0 Å². The van der Waals surface area contributed by atoms with Gasteiger partial charge in [-0.1, -0.05) is 152 Å². The van der Waals surface area contributed by atoms with Crippen molar-refractivity contribution in [3.05, 3.63) is 206 Å². The van der Waals surface area contributed by atoms with Crippen LogP contribution in [0.3, 0.4) is 0 Å². The summed E-state index contributed by atoms with van der Waals surface area (Å²) in [6.07, 6.45) is 0. The van der Waals surface area contributed by atoms with Crippen molar-refractivity contribution in [2.45, 2.75) is 0 Å². The van der Waals surface area contributed by atoms with Crippen LogP contribution in [0.5, 0.6) is 0 Å². The molecule has 11 rings (SSSR count). The molecule has 0 aliphatic carbocycles. The van der Waals surface area contributed by atoms with Crippen molar-refractivity contribution in [2.24, 2.45) is 0 Å². The highest BCUT2D eigenvalue weighted by molar-refractivity contribution is 6.02. The Labute approximate surface area is 313 Å². The molecule has 0 fully saturated rings. The Morgan fingerprint density at radius 2 is 0.852 bits per heavy atom. The molecule has 0 aliphatic rings. The van der Waals surface area contributed by atoms with E-state index in [9.17, 15) is 0 Å². The molecule has 0 aliphatic heterocycles. The summed E-state index contributed by atoms with van der Waals surface area (Å²) >= 11 is 0. The van der Waals surface area contributed by atoms with Crippen LogP contribution < -0.4 is 0 Å². The fraction of sp³-hybridized carbons (Fsp3) is 0. The van der Waals surface area contributed by atoms with Gasteiger partial charge in [0.2, 0.25) is 0 Å². The summed E-state index contributed by atoms with van der Waals surface area (Å²) in [6.45, 7) is 0. The predicted molar refractivity (Wildman–Crippen MR) is 229 cm³/mol. The molecule has 0 spiro atoms. The third-order valence-corrected chi connectivity index (χ3v) is 11.1. The van der Waals surface area contributed by atoms with Gasteiger partial charge in [-0.3, -0.25) is 0 Å². The first-order chi connectivity index (χ1) is 26.8. The fourth-order valence-electron chi connectivity index (χ4n) is 8.51. The van der Waals surface area contributed by atoms with Gasteiger partial charge in [-0.15, -0.1) is 0 Å². The molecular formula is C52H34N2. The van der Waals surface area contributed by atoms with Crippen LogP contribution in [-0.2, 0) is 0 Å². The average molecular weight is 687 g/mol. The Balaban J connectivity index is 1.11. The molecule has 0 radical (unpaired) electrons. The van der Waals surface area contributed by atoms with Gasteiger partial charge in [0.15, 0.2) is 0 Å². The van der Waals surface area contributed by atoms with Crippen molar-refractivity contribution in [3.8, 4) is 45.0 Å². The molecule has 2 aromatic heterocycles. The van der Waals surface area contributed by atoms with Gasteiger partial charge in [-0.25, -0.2) is 0 Å². The lowest BCUT2D eigenvalue weighted by Crippen LogP contribution is -1.98. The number of rotatable bonds is 5. The quantitative estimate of drug-likeness (QED) is 0.171. The average Bonchev–Trinajstić information content (AvgIpc) is 3.82. The summed E-state index contributed by atoms with van der Waals surface area (Å²) in [5, 5.41) is 9.86. The number of hydrogen-bond acceptors (Lipinski definition) is 0. The molecule has 0 saturated heterocycles. The molecule has 9 aromatic carbocycles. The van der Waals surface area contributed by atoms with Crippen LogP contribution in [0.25, 0.3) is 99.1 Å². The first-order valence-electron chi connectivity index (χ1n) is 18.6. The van der Waals surface area contributed by atoms with Crippen LogP contribution in [0.1, 0.15) is 0 Å². The molecule has 252 valence electrons. The summed E-state index contributed by atoms with van der Waals surface area (Å²) in [7, 11) is 0. The van der Waals surface area contributed by atoms with Crippen molar-refractivity contribution in [1.29, 1.82) is 0 Å². The molecule has 0 saturated carbocycles. The third-order valence-electron chi connectivity index (χ3n) is 11.1. The van der Waals surface area contributed by atoms with E-state index >= 15 is 0 Å². The molecule has 2 heteroatoms. The van der Waals surface area contributed by atoms with Crippen molar-refractivity contribution in [1.82, 2.24) is 9.13 Å². The van der Waals surface area contributed by atoms with E-state index in [0.29, 0.717) is 0 Å². The Morgan fingerprint density at radius 3 is 1.61 bits per heavy atom. The second-order valence-corrected chi connectivity index (χ2v) is 14.2. The number of nitrogens with zero attached hydrogens (tertiary/aromatic N) is 2. The van der Waals surface area contributed by atoms with E-state index in [2.05, 4.69) is 215 Å². The zero-order valence-corrected chi connectivity index (χ0v) is 29.5. The van der Waals surface area contributed by atoms with Gasteiger partial charge in [0.25, 0.3) is 0 Å². The zero-order valence-electron chi connectivity index (χ0n) is 29.5. The van der Waals surface area contributed by atoms with Crippen molar-refractivity contribution in [2.75, 3.05) is 0 Å². The first-order valence-corrected chi connectivity index (χ1v) is 18.6. The summed E-state index contributed by atoms with van der Waals surface area (Å²) < 4.78 is 4.87. The monoisotopic (exact) mass is 686 g/mol. The van der Waals surface area contributed by atoms with E-state index in [0.717, 1.165) is 5.69 Å². The largest absolute Gasteiger partial charge is 0.309 e. The maximum Gasteiger partial charge on any atom is 0.0547 e. The van der Waals surface area contributed by atoms with Crippen LogP contribution in [0.2, 0.25) is 0 Å². The fourth-order valence-corrected chi connectivity index (χ4v) is 8.51. The van der Waals surface area contributed by atoms with E-state index in [-0.39, 0.29) is 0 Å². The second kappa shape index (κ2) is 12.2. The standard InChI is InChI=1S/C52H34N2/c1-2-15-38(16-3-1)51-33-42-30-41(26-29-49(42)54(51)50-23-11-19-37-14-7-9-21-46(37)50)40-25-28-48-43(31-40)34-52(47-22-10-18-36-13-6-8-20-45(36)47)53(48)44-27-24-35-12-4-5-17-39(35)32-44/h1-34H. The van der Waals surface area contributed by atoms with E-state index in [1.54, 1.807) is 0 Å². The van der Waals surface area contributed by atoms with E-state index < -0.39 is 0 Å². The molecule has 2 heterocycles. The van der Waals surface area contributed by atoms with Crippen LogP contribution in [0, 0.1) is 0 Å². The van der Waals surface area contributed by atoms with Gasteiger partial charge in [-0.2, -0.15) is 0 Å². The zero-order chi connectivity index (χ0) is 35.6. The van der Waals surface area contributed by atoms with Gasteiger partial charge < -0.3 is 9.13 Å². The molecule has 0 amide bonds. The third kappa shape index (κ3) is 4.88. The van der Waals surface area contributed by atoms with E-state index in [1.807, 2.05) is 0 Å². The summed E-state index contributed by atoms with van der Waals surface area (Å²) in [4.78, 5) is 0. The van der Waals surface area contributed by atoms with E-state index in [4.69, 9.17) is 0 Å². The van der Waals surface area contributed by atoms with Gasteiger partial charge in [-0.05, 0) is 98.2 Å². The van der Waals surface area contributed by atoms with Gasteiger partial charge in [0, 0.05) is 27.4 Å². The van der Waals surface area contributed by atoms with E-state index in [1.165, 1.54) is 93.5 Å². The molecule has 2 nitrogen and oxygen atoms in total. The van der Waals surface area contributed by atoms with Crippen LogP contribution >= 0.6 is 0 Å².